The van der Waals surface area contributed by atoms with Crippen LogP contribution in [0.3, 0.4) is 0 Å². The summed E-state index contributed by atoms with van der Waals surface area (Å²) in [5.41, 5.74) is 4.81. The van der Waals surface area contributed by atoms with E-state index in [2.05, 4.69) is 10.2 Å². The number of thioether (sulfide) groups is 1. The van der Waals surface area contributed by atoms with Gasteiger partial charge in [0.2, 0.25) is 0 Å². The highest BCUT2D eigenvalue weighted by atomic mass is 32.2. The van der Waals surface area contributed by atoms with Gasteiger partial charge in [-0.25, -0.2) is 9.89 Å². The molecule has 0 amide bonds. The molecule has 0 bridgehead atoms. The monoisotopic (exact) mass is 284 g/mol. The summed E-state index contributed by atoms with van der Waals surface area (Å²) in [6.45, 7) is 4.65. The van der Waals surface area contributed by atoms with E-state index < -0.39 is 23.2 Å². The smallest absolute Gasteiger partial charge is 0.327 e. The van der Waals surface area contributed by atoms with Gasteiger partial charge in [0.15, 0.2) is 5.16 Å². The van der Waals surface area contributed by atoms with Crippen molar-refractivity contribution in [1.82, 2.24) is 14.8 Å². The third-order valence-electron chi connectivity index (χ3n) is 2.22. The van der Waals surface area contributed by atoms with Crippen LogP contribution in [0.1, 0.15) is 26.8 Å². The topological polar surface area (TPSA) is 76.7 Å². The number of rotatable bonds is 4. The van der Waals surface area contributed by atoms with Gasteiger partial charge in [-0.15, -0.1) is 5.10 Å². The molecule has 0 spiro atoms. The Hall–Kier alpha value is -0.960. The van der Waals surface area contributed by atoms with Crippen molar-refractivity contribution >= 4 is 11.8 Å². The zero-order valence-electron chi connectivity index (χ0n) is 10.2. The predicted molar refractivity (Wildman–Crippen MR) is 62.6 cm³/mol. The summed E-state index contributed by atoms with van der Waals surface area (Å²) in [6.07, 6.45) is -4.45. The van der Waals surface area contributed by atoms with E-state index in [9.17, 15) is 18.0 Å². The molecule has 1 rings (SSSR count). The lowest BCUT2D eigenvalue weighted by Gasteiger charge is -2.22. The first-order valence-corrected chi connectivity index (χ1v) is 6.18. The number of hydrogen-bond acceptors (Lipinski definition) is 4. The summed E-state index contributed by atoms with van der Waals surface area (Å²) < 4.78 is 39.5. The number of H-pyrrole nitrogens is 1. The molecule has 0 saturated carbocycles. The van der Waals surface area contributed by atoms with Crippen molar-refractivity contribution in [1.29, 1.82) is 0 Å². The molecular weight excluding hydrogens is 269 g/mol. The van der Waals surface area contributed by atoms with Gasteiger partial charge in [0.25, 0.3) is 0 Å². The number of nitrogens with two attached hydrogens (primary N) is 1. The van der Waals surface area contributed by atoms with Crippen LogP contribution in [0.25, 0.3) is 0 Å². The lowest BCUT2D eigenvalue weighted by atomic mass is 10.2. The van der Waals surface area contributed by atoms with E-state index in [0.717, 1.165) is 0 Å². The number of nitrogens with one attached hydrogen (secondary N) is 1. The molecule has 1 aromatic heterocycles. The van der Waals surface area contributed by atoms with Crippen LogP contribution >= 0.6 is 11.8 Å². The van der Waals surface area contributed by atoms with Crippen LogP contribution < -0.4 is 11.4 Å². The minimum atomic E-state index is -4.45. The maximum atomic E-state index is 12.8. The molecule has 18 heavy (non-hydrogen) atoms. The molecule has 0 aliphatic rings. The van der Waals surface area contributed by atoms with Crippen molar-refractivity contribution < 1.29 is 13.2 Å². The Morgan fingerprint density at radius 1 is 1.39 bits per heavy atom. The molecule has 1 heterocycles. The van der Waals surface area contributed by atoms with Crippen molar-refractivity contribution in [2.24, 2.45) is 5.73 Å². The molecule has 0 aliphatic carbocycles. The van der Waals surface area contributed by atoms with Gasteiger partial charge in [-0.2, -0.15) is 13.2 Å². The van der Waals surface area contributed by atoms with Gasteiger partial charge >= 0.3 is 11.9 Å². The van der Waals surface area contributed by atoms with Crippen LogP contribution in [0.15, 0.2) is 9.95 Å². The molecule has 9 heteroatoms. The number of nitrogens with zero attached hydrogens (tertiary/aromatic N) is 2. The second-order valence-electron chi connectivity index (χ2n) is 4.21. The molecule has 0 aromatic carbocycles. The van der Waals surface area contributed by atoms with E-state index in [1.165, 1.54) is 11.5 Å². The van der Waals surface area contributed by atoms with Gasteiger partial charge in [-0.1, -0.05) is 11.8 Å². The van der Waals surface area contributed by atoms with Crippen LogP contribution in [0.5, 0.6) is 0 Å². The maximum Gasteiger partial charge on any atom is 0.402 e. The summed E-state index contributed by atoms with van der Waals surface area (Å²) in [5, 5.41) is 3.94. The van der Waals surface area contributed by atoms with Crippen LogP contribution in [0.4, 0.5) is 13.2 Å². The number of aromatic amines is 1. The van der Waals surface area contributed by atoms with Gasteiger partial charge in [0, 0.05) is 12.1 Å². The van der Waals surface area contributed by atoms with Gasteiger partial charge < -0.3 is 5.73 Å². The van der Waals surface area contributed by atoms with Crippen molar-refractivity contribution in [3.63, 3.8) is 0 Å². The molecule has 0 fully saturated rings. The largest absolute Gasteiger partial charge is 0.402 e. The molecule has 2 unspecified atom stereocenters. The molecule has 0 saturated heterocycles. The first-order valence-electron chi connectivity index (χ1n) is 5.30. The molecule has 5 nitrogen and oxygen atoms in total. The zero-order valence-corrected chi connectivity index (χ0v) is 11.0. The standard InChI is InChI=1S/C9H15F3N4OS/c1-4(2)16-7(17)14-15-8(16)18-6(5(3)13)9(10,11)12/h4-6H,13H2,1-3H3,(H,14,17). The minimum absolute atomic E-state index is 0.00498. The highest BCUT2D eigenvalue weighted by Crippen LogP contribution is 2.35. The number of aromatic nitrogens is 3. The highest BCUT2D eigenvalue weighted by Gasteiger charge is 2.43. The van der Waals surface area contributed by atoms with E-state index in [4.69, 9.17) is 5.73 Å². The van der Waals surface area contributed by atoms with Gasteiger partial charge in [0.05, 0.1) is 0 Å². The zero-order chi connectivity index (χ0) is 14.1. The first kappa shape index (κ1) is 15.1. The fourth-order valence-electron chi connectivity index (χ4n) is 1.41. The van der Waals surface area contributed by atoms with E-state index >= 15 is 0 Å². The lowest BCUT2D eigenvalue weighted by Crippen LogP contribution is -2.41. The van der Waals surface area contributed by atoms with Crippen molar-refractivity contribution in [2.45, 2.75) is 49.4 Å². The molecule has 0 aliphatic heterocycles. The molecule has 104 valence electrons. The van der Waals surface area contributed by atoms with Crippen LogP contribution in [-0.2, 0) is 0 Å². The Morgan fingerprint density at radius 3 is 2.33 bits per heavy atom. The van der Waals surface area contributed by atoms with Crippen LogP contribution in [-0.4, -0.2) is 32.2 Å². The summed E-state index contributed by atoms with van der Waals surface area (Å²) >= 11 is 0.450. The predicted octanol–water partition coefficient (Wildman–Crippen LogP) is 1.52. The Kier molecular flexibility index (Phi) is 4.49. The number of hydrogen-bond donors (Lipinski definition) is 2. The van der Waals surface area contributed by atoms with E-state index in [1.54, 1.807) is 13.8 Å². The highest BCUT2D eigenvalue weighted by molar-refractivity contribution is 7.99. The Balaban J connectivity index is 3.06. The first-order chi connectivity index (χ1) is 8.14. The third-order valence-corrected chi connectivity index (χ3v) is 3.67. The van der Waals surface area contributed by atoms with Crippen LogP contribution in [0.2, 0.25) is 0 Å². The number of halogens is 3. The molecule has 1 aromatic rings. The van der Waals surface area contributed by atoms with Gasteiger partial charge in [-0.05, 0) is 20.8 Å². The fourth-order valence-corrected chi connectivity index (χ4v) is 2.50. The lowest BCUT2D eigenvalue weighted by molar-refractivity contribution is -0.131. The summed E-state index contributed by atoms with van der Waals surface area (Å²) in [6, 6.07) is -1.37. The maximum absolute atomic E-state index is 12.8. The summed E-state index contributed by atoms with van der Waals surface area (Å²) in [5.74, 6) is 0. The second-order valence-corrected chi connectivity index (χ2v) is 5.32. The van der Waals surface area contributed by atoms with Gasteiger partial charge in [0.1, 0.15) is 5.25 Å². The second kappa shape index (κ2) is 5.35. The van der Waals surface area contributed by atoms with Crippen molar-refractivity contribution in [2.75, 3.05) is 0 Å². The quantitative estimate of drug-likeness (QED) is 0.822. The van der Waals surface area contributed by atoms with E-state index in [-0.39, 0.29) is 11.2 Å². The van der Waals surface area contributed by atoms with Gasteiger partial charge in [-0.3, -0.25) is 4.57 Å². The van der Waals surface area contributed by atoms with Crippen molar-refractivity contribution in [3.05, 3.63) is 10.5 Å². The number of alkyl halides is 3. The fraction of sp³-hybridized carbons (Fsp3) is 0.778. The third kappa shape index (κ3) is 3.29. The molecule has 2 atom stereocenters. The average molecular weight is 284 g/mol. The Labute approximate surface area is 106 Å². The van der Waals surface area contributed by atoms with Crippen LogP contribution in [0, 0.1) is 0 Å². The van der Waals surface area contributed by atoms with E-state index in [0.29, 0.717) is 11.8 Å². The molecular formula is C9H15F3N4OS. The summed E-state index contributed by atoms with van der Waals surface area (Å²) in [4.78, 5) is 11.4. The SMILES string of the molecule is CC(N)C(Sc1n[nH]c(=O)n1C(C)C)C(F)(F)F. The molecule has 3 N–H and O–H groups in total. The molecule has 0 radical (unpaired) electrons. The minimum Gasteiger partial charge on any atom is -0.327 e. The summed E-state index contributed by atoms with van der Waals surface area (Å²) in [7, 11) is 0. The normalized spacial score (nSPS) is 16.0. The van der Waals surface area contributed by atoms with E-state index in [1.807, 2.05) is 0 Å². The Morgan fingerprint density at radius 2 is 1.94 bits per heavy atom. The average Bonchev–Trinajstić information content (AvgIpc) is 2.53. The van der Waals surface area contributed by atoms with Crippen molar-refractivity contribution in [3.8, 4) is 0 Å². The Bertz CT molecular complexity index is 451.